The van der Waals surface area contributed by atoms with Crippen LogP contribution in [-0.4, -0.2) is 18.0 Å². The molecule has 0 saturated heterocycles. The molecule has 1 heterocycles. The van der Waals surface area contributed by atoms with Gasteiger partial charge in [-0.1, -0.05) is 18.2 Å². The summed E-state index contributed by atoms with van der Waals surface area (Å²) in [5.74, 6) is 0.792. The number of carbonyl (C=O) groups is 1. The number of amides is 1. The van der Waals surface area contributed by atoms with E-state index < -0.39 is 0 Å². The minimum Gasteiger partial charge on any atom is -0.496 e. The van der Waals surface area contributed by atoms with Gasteiger partial charge in [0.05, 0.1) is 24.2 Å². The minimum atomic E-state index is 0.00246. The summed E-state index contributed by atoms with van der Waals surface area (Å²) in [6, 6.07) is 7.67. The topological polar surface area (TPSA) is 51.2 Å². The highest BCUT2D eigenvalue weighted by atomic mass is 32.1. The van der Waals surface area contributed by atoms with E-state index in [1.54, 1.807) is 18.4 Å². The van der Waals surface area contributed by atoms with E-state index in [-0.39, 0.29) is 5.91 Å². The first kappa shape index (κ1) is 14.5. The van der Waals surface area contributed by atoms with Crippen LogP contribution in [0.2, 0.25) is 0 Å². The Morgan fingerprint density at radius 3 is 2.75 bits per heavy atom. The van der Waals surface area contributed by atoms with Crippen molar-refractivity contribution in [1.82, 2.24) is 10.3 Å². The third-order valence-corrected chi connectivity index (χ3v) is 4.06. The average Bonchev–Trinajstić information content (AvgIpc) is 2.75. The summed E-state index contributed by atoms with van der Waals surface area (Å²) in [5, 5.41) is 3.91. The van der Waals surface area contributed by atoms with Crippen molar-refractivity contribution < 1.29 is 9.53 Å². The molecule has 2 rings (SSSR count). The number of methoxy groups -OCH3 is 1. The van der Waals surface area contributed by atoms with Gasteiger partial charge in [-0.15, -0.1) is 11.3 Å². The van der Waals surface area contributed by atoms with Crippen LogP contribution in [-0.2, 0) is 17.8 Å². The third kappa shape index (κ3) is 3.57. The molecule has 0 radical (unpaired) electrons. The SMILES string of the molecule is COc1ccccc1CNC(=O)Cc1sc(C)nc1C. The van der Waals surface area contributed by atoms with Gasteiger partial charge in [0.2, 0.25) is 5.91 Å². The molecule has 0 atom stereocenters. The standard InChI is InChI=1S/C15H18N2O2S/c1-10-14(20-11(2)17-10)8-15(18)16-9-12-6-4-5-7-13(12)19-3/h4-7H,8-9H2,1-3H3,(H,16,18). The fourth-order valence-electron chi connectivity index (χ4n) is 1.99. The van der Waals surface area contributed by atoms with Gasteiger partial charge < -0.3 is 10.1 Å². The summed E-state index contributed by atoms with van der Waals surface area (Å²) in [6.45, 7) is 4.36. The Morgan fingerprint density at radius 1 is 1.35 bits per heavy atom. The van der Waals surface area contributed by atoms with E-state index in [0.29, 0.717) is 13.0 Å². The Labute approximate surface area is 122 Å². The number of thiazole rings is 1. The first-order valence-electron chi connectivity index (χ1n) is 6.41. The van der Waals surface area contributed by atoms with E-state index in [1.807, 2.05) is 38.1 Å². The summed E-state index contributed by atoms with van der Waals surface area (Å²) >= 11 is 1.58. The van der Waals surface area contributed by atoms with Gasteiger partial charge in [-0.05, 0) is 19.9 Å². The third-order valence-electron chi connectivity index (χ3n) is 2.99. The number of carbonyl (C=O) groups excluding carboxylic acids is 1. The largest absolute Gasteiger partial charge is 0.496 e. The zero-order valence-corrected chi connectivity index (χ0v) is 12.7. The molecule has 0 aliphatic rings. The molecular weight excluding hydrogens is 272 g/mol. The van der Waals surface area contributed by atoms with Crippen LogP contribution in [0.4, 0.5) is 0 Å². The summed E-state index contributed by atoms with van der Waals surface area (Å²) in [5.41, 5.74) is 1.92. The first-order valence-corrected chi connectivity index (χ1v) is 7.23. The highest BCUT2D eigenvalue weighted by Crippen LogP contribution is 2.19. The Bertz CT molecular complexity index is 608. The van der Waals surface area contributed by atoms with E-state index in [0.717, 1.165) is 26.9 Å². The van der Waals surface area contributed by atoms with Crippen molar-refractivity contribution in [3.63, 3.8) is 0 Å². The van der Waals surface area contributed by atoms with Crippen LogP contribution < -0.4 is 10.1 Å². The van der Waals surface area contributed by atoms with Crippen LogP contribution in [0.5, 0.6) is 5.75 Å². The van der Waals surface area contributed by atoms with E-state index in [1.165, 1.54) is 0 Å². The number of rotatable bonds is 5. The predicted molar refractivity (Wildman–Crippen MR) is 80.1 cm³/mol. The zero-order chi connectivity index (χ0) is 14.5. The van der Waals surface area contributed by atoms with E-state index in [9.17, 15) is 4.79 Å². The molecule has 1 N–H and O–H groups in total. The minimum absolute atomic E-state index is 0.00246. The van der Waals surface area contributed by atoms with Gasteiger partial charge in [0.25, 0.3) is 0 Å². The molecule has 1 aromatic heterocycles. The number of nitrogens with zero attached hydrogens (tertiary/aromatic N) is 1. The van der Waals surface area contributed by atoms with Crippen molar-refractivity contribution in [2.75, 3.05) is 7.11 Å². The quantitative estimate of drug-likeness (QED) is 0.921. The Hall–Kier alpha value is -1.88. The lowest BCUT2D eigenvalue weighted by Gasteiger charge is -2.09. The second-order valence-electron chi connectivity index (χ2n) is 4.51. The van der Waals surface area contributed by atoms with Crippen LogP contribution in [0, 0.1) is 13.8 Å². The maximum Gasteiger partial charge on any atom is 0.225 e. The van der Waals surface area contributed by atoms with Crippen molar-refractivity contribution in [3.05, 3.63) is 45.4 Å². The molecule has 20 heavy (non-hydrogen) atoms. The predicted octanol–water partition coefficient (Wildman–Crippen LogP) is 2.63. The molecule has 0 bridgehead atoms. The number of hydrogen-bond acceptors (Lipinski definition) is 4. The highest BCUT2D eigenvalue weighted by Gasteiger charge is 2.10. The summed E-state index contributed by atoms with van der Waals surface area (Å²) in [4.78, 5) is 17.3. The first-order chi connectivity index (χ1) is 9.60. The normalized spacial score (nSPS) is 10.3. The zero-order valence-electron chi connectivity index (χ0n) is 11.9. The van der Waals surface area contributed by atoms with Crippen LogP contribution in [0.25, 0.3) is 0 Å². The van der Waals surface area contributed by atoms with Crippen LogP contribution in [0.3, 0.4) is 0 Å². The second-order valence-corrected chi connectivity index (χ2v) is 5.79. The molecule has 0 unspecified atom stereocenters. The number of benzene rings is 1. The van der Waals surface area contributed by atoms with Gasteiger partial charge in [-0.25, -0.2) is 4.98 Å². The number of aryl methyl sites for hydroxylation is 2. The Balaban J connectivity index is 1.94. The number of nitrogens with one attached hydrogen (secondary N) is 1. The molecule has 0 saturated carbocycles. The molecule has 1 amide bonds. The molecule has 1 aromatic carbocycles. The molecule has 4 nitrogen and oxygen atoms in total. The van der Waals surface area contributed by atoms with Crippen molar-refractivity contribution >= 4 is 17.2 Å². The molecular formula is C15H18N2O2S. The van der Waals surface area contributed by atoms with E-state index in [2.05, 4.69) is 10.3 Å². The lowest BCUT2D eigenvalue weighted by molar-refractivity contribution is -0.120. The maximum atomic E-state index is 12.0. The average molecular weight is 290 g/mol. The fraction of sp³-hybridized carbons (Fsp3) is 0.333. The molecule has 0 aliphatic heterocycles. The van der Waals surface area contributed by atoms with Crippen molar-refractivity contribution in [2.45, 2.75) is 26.8 Å². The Morgan fingerprint density at radius 2 is 2.10 bits per heavy atom. The monoisotopic (exact) mass is 290 g/mol. The van der Waals surface area contributed by atoms with Gasteiger partial charge in [-0.3, -0.25) is 4.79 Å². The van der Waals surface area contributed by atoms with Crippen LogP contribution in [0.1, 0.15) is 21.1 Å². The van der Waals surface area contributed by atoms with Gasteiger partial charge >= 0.3 is 0 Å². The maximum absolute atomic E-state index is 12.0. The number of aromatic nitrogens is 1. The summed E-state index contributed by atoms with van der Waals surface area (Å²) < 4.78 is 5.26. The van der Waals surface area contributed by atoms with E-state index in [4.69, 9.17) is 4.74 Å². The van der Waals surface area contributed by atoms with Gasteiger partial charge in [0.1, 0.15) is 5.75 Å². The van der Waals surface area contributed by atoms with Gasteiger partial charge in [0, 0.05) is 17.0 Å². The Kier molecular flexibility index (Phi) is 4.74. The van der Waals surface area contributed by atoms with E-state index >= 15 is 0 Å². The second kappa shape index (κ2) is 6.52. The molecule has 2 aromatic rings. The van der Waals surface area contributed by atoms with Crippen LogP contribution in [0.15, 0.2) is 24.3 Å². The number of hydrogen-bond donors (Lipinski definition) is 1. The number of para-hydroxylation sites is 1. The molecule has 0 aliphatic carbocycles. The molecule has 5 heteroatoms. The fourth-order valence-corrected chi connectivity index (χ4v) is 2.92. The molecule has 0 spiro atoms. The highest BCUT2D eigenvalue weighted by molar-refractivity contribution is 7.11. The van der Waals surface area contributed by atoms with Crippen molar-refractivity contribution in [2.24, 2.45) is 0 Å². The molecule has 0 fully saturated rings. The number of ether oxygens (including phenoxy) is 1. The van der Waals surface area contributed by atoms with Crippen molar-refractivity contribution in [3.8, 4) is 5.75 Å². The van der Waals surface area contributed by atoms with Crippen molar-refractivity contribution in [1.29, 1.82) is 0 Å². The summed E-state index contributed by atoms with van der Waals surface area (Å²) in [6.07, 6.45) is 0.381. The lowest BCUT2D eigenvalue weighted by Crippen LogP contribution is -2.24. The lowest BCUT2D eigenvalue weighted by atomic mass is 10.2. The smallest absolute Gasteiger partial charge is 0.225 e. The van der Waals surface area contributed by atoms with Crippen LogP contribution >= 0.6 is 11.3 Å². The summed E-state index contributed by atoms with van der Waals surface area (Å²) in [7, 11) is 1.63. The van der Waals surface area contributed by atoms with Gasteiger partial charge in [0.15, 0.2) is 0 Å². The molecule has 106 valence electrons. The van der Waals surface area contributed by atoms with Gasteiger partial charge in [-0.2, -0.15) is 0 Å².